The lowest BCUT2D eigenvalue weighted by atomic mass is 10.2. The summed E-state index contributed by atoms with van der Waals surface area (Å²) in [6, 6.07) is 7.69. The molecule has 0 aliphatic carbocycles. The number of para-hydroxylation sites is 1. The fourth-order valence-corrected chi connectivity index (χ4v) is 1.48. The fourth-order valence-electron chi connectivity index (χ4n) is 1.48. The van der Waals surface area contributed by atoms with E-state index in [0.717, 1.165) is 16.6 Å². The molecule has 1 heterocycles. The predicted molar refractivity (Wildman–Crippen MR) is 54.1 cm³/mol. The van der Waals surface area contributed by atoms with Crippen LogP contribution in [0.1, 0.15) is 0 Å². The van der Waals surface area contributed by atoms with E-state index in [1.54, 1.807) is 18.0 Å². The Kier molecular flexibility index (Phi) is 2.10. The number of carbonyl (C=O) groups excluding carboxylic acids is 1. The van der Waals surface area contributed by atoms with E-state index in [0.29, 0.717) is 6.41 Å². The first-order valence-electron chi connectivity index (χ1n) is 4.21. The van der Waals surface area contributed by atoms with Gasteiger partial charge in [0.1, 0.15) is 7.11 Å². The number of fused-ring (bicyclic) bond motifs is 1. The molecule has 1 amide bonds. The van der Waals surface area contributed by atoms with Crippen molar-refractivity contribution in [1.82, 2.24) is 4.73 Å². The molecule has 14 heavy (non-hydrogen) atoms. The van der Waals surface area contributed by atoms with Crippen molar-refractivity contribution in [3.63, 3.8) is 0 Å². The van der Waals surface area contributed by atoms with Crippen molar-refractivity contribution in [3.05, 3.63) is 30.5 Å². The van der Waals surface area contributed by atoms with E-state index in [1.807, 2.05) is 24.3 Å². The number of hydrogen-bond donors (Lipinski definition) is 1. The zero-order chi connectivity index (χ0) is 9.97. The summed E-state index contributed by atoms with van der Waals surface area (Å²) in [7, 11) is 1.58. The number of nitrogens with one attached hydrogen (secondary N) is 1. The van der Waals surface area contributed by atoms with Gasteiger partial charge in [-0.05, 0) is 6.07 Å². The van der Waals surface area contributed by atoms with Crippen molar-refractivity contribution in [2.75, 3.05) is 12.4 Å². The Morgan fingerprint density at radius 1 is 1.43 bits per heavy atom. The second-order valence-electron chi connectivity index (χ2n) is 2.83. The van der Waals surface area contributed by atoms with Crippen LogP contribution in [0.4, 0.5) is 5.69 Å². The van der Waals surface area contributed by atoms with Crippen LogP contribution in [0.5, 0.6) is 0 Å². The Morgan fingerprint density at radius 2 is 2.21 bits per heavy atom. The molecule has 1 N–H and O–H groups in total. The van der Waals surface area contributed by atoms with Crippen LogP contribution < -0.4 is 10.2 Å². The molecule has 0 spiro atoms. The predicted octanol–water partition coefficient (Wildman–Crippen LogP) is 1.27. The number of amides is 1. The maximum absolute atomic E-state index is 10.4. The molecule has 0 saturated heterocycles. The first-order valence-corrected chi connectivity index (χ1v) is 4.21. The van der Waals surface area contributed by atoms with Gasteiger partial charge in [-0.1, -0.05) is 18.2 Å². The summed E-state index contributed by atoms with van der Waals surface area (Å²) >= 11 is 0. The van der Waals surface area contributed by atoms with Gasteiger partial charge < -0.3 is 10.2 Å². The van der Waals surface area contributed by atoms with Gasteiger partial charge in [-0.25, -0.2) is 0 Å². The summed E-state index contributed by atoms with van der Waals surface area (Å²) in [4.78, 5) is 15.5. The molecule has 0 aliphatic rings. The van der Waals surface area contributed by atoms with Crippen LogP contribution in [-0.4, -0.2) is 18.3 Å². The lowest BCUT2D eigenvalue weighted by Gasteiger charge is -1.99. The highest BCUT2D eigenvalue weighted by molar-refractivity contribution is 5.96. The molecule has 0 unspecified atom stereocenters. The summed E-state index contributed by atoms with van der Waals surface area (Å²) in [6.45, 7) is 0. The van der Waals surface area contributed by atoms with Crippen LogP contribution in [0.15, 0.2) is 30.5 Å². The van der Waals surface area contributed by atoms with Gasteiger partial charge in [0.15, 0.2) is 0 Å². The molecule has 0 saturated carbocycles. The van der Waals surface area contributed by atoms with Crippen molar-refractivity contribution >= 4 is 23.0 Å². The minimum atomic E-state index is 0.655. The average molecular weight is 190 g/mol. The van der Waals surface area contributed by atoms with Crippen molar-refractivity contribution in [3.8, 4) is 0 Å². The third kappa shape index (κ3) is 1.21. The van der Waals surface area contributed by atoms with E-state index in [2.05, 4.69) is 5.32 Å². The highest BCUT2D eigenvalue weighted by atomic mass is 16.6. The van der Waals surface area contributed by atoms with Gasteiger partial charge in [0.05, 0.1) is 17.4 Å². The van der Waals surface area contributed by atoms with E-state index in [4.69, 9.17) is 4.84 Å². The second-order valence-corrected chi connectivity index (χ2v) is 2.83. The van der Waals surface area contributed by atoms with Crippen molar-refractivity contribution in [2.24, 2.45) is 0 Å². The van der Waals surface area contributed by atoms with Crippen LogP contribution >= 0.6 is 0 Å². The molecule has 0 radical (unpaired) electrons. The summed E-state index contributed by atoms with van der Waals surface area (Å²) in [6.07, 6.45) is 2.39. The van der Waals surface area contributed by atoms with Crippen molar-refractivity contribution in [1.29, 1.82) is 0 Å². The van der Waals surface area contributed by atoms with E-state index in [-0.39, 0.29) is 0 Å². The Labute approximate surface area is 81.0 Å². The Balaban J connectivity index is 2.66. The number of carbonyl (C=O) groups is 1. The van der Waals surface area contributed by atoms with Gasteiger partial charge in [-0.15, -0.1) is 0 Å². The highest BCUT2D eigenvalue weighted by Gasteiger charge is 2.06. The molecule has 4 heteroatoms. The average Bonchev–Trinajstić information content (AvgIpc) is 2.58. The van der Waals surface area contributed by atoms with E-state index in [1.165, 1.54) is 0 Å². The second kappa shape index (κ2) is 3.41. The number of rotatable bonds is 3. The minimum Gasteiger partial charge on any atom is -0.417 e. The van der Waals surface area contributed by atoms with Gasteiger partial charge in [-0.3, -0.25) is 4.79 Å². The summed E-state index contributed by atoms with van der Waals surface area (Å²) in [5, 5.41) is 3.58. The maximum atomic E-state index is 10.4. The van der Waals surface area contributed by atoms with Gasteiger partial charge in [0, 0.05) is 5.39 Å². The van der Waals surface area contributed by atoms with Crippen LogP contribution in [0.2, 0.25) is 0 Å². The molecule has 2 aromatic rings. The maximum Gasteiger partial charge on any atom is 0.211 e. The summed E-state index contributed by atoms with van der Waals surface area (Å²) in [5.41, 5.74) is 1.68. The number of anilines is 1. The number of nitrogens with zero attached hydrogens (tertiary/aromatic N) is 1. The molecular formula is C10H10N2O2. The largest absolute Gasteiger partial charge is 0.417 e. The minimum absolute atomic E-state index is 0.655. The smallest absolute Gasteiger partial charge is 0.211 e. The Morgan fingerprint density at radius 3 is 2.93 bits per heavy atom. The first-order chi connectivity index (χ1) is 6.86. The number of aromatic nitrogens is 1. The lowest BCUT2D eigenvalue weighted by Crippen LogP contribution is -2.02. The van der Waals surface area contributed by atoms with Crippen LogP contribution in [0.3, 0.4) is 0 Å². The summed E-state index contributed by atoms with van der Waals surface area (Å²) in [5.74, 6) is 0. The molecule has 72 valence electrons. The molecule has 4 nitrogen and oxygen atoms in total. The van der Waals surface area contributed by atoms with Crippen LogP contribution in [-0.2, 0) is 4.79 Å². The van der Waals surface area contributed by atoms with Gasteiger partial charge in [0.2, 0.25) is 6.41 Å². The van der Waals surface area contributed by atoms with E-state index in [9.17, 15) is 4.79 Å². The van der Waals surface area contributed by atoms with E-state index < -0.39 is 0 Å². The molecule has 0 bridgehead atoms. The van der Waals surface area contributed by atoms with Crippen molar-refractivity contribution in [2.45, 2.75) is 0 Å². The van der Waals surface area contributed by atoms with Crippen LogP contribution in [0, 0.1) is 0 Å². The molecule has 0 fully saturated rings. The summed E-state index contributed by atoms with van der Waals surface area (Å²) < 4.78 is 1.61. The molecule has 0 atom stereocenters. The third-order valence-corrected chi connectivity index (χ3v) is 2.09. The fraction of sp³-hybridized carbons (Fsp3) is 0.100. The molecule has 1 aromatic carbocycles. The Bertz CT molecular complexity index is 462. The topological polar surface area (TPSA) is 43.3 Å². The SMILES string of the molecule is COn1cc(NC=O)c2ccccc21. The van der Waals surface area contributed by atoms with Crippen LogP contribution in [0.25, 0.3) is 10.9 Å². The molecule has 1 aromatic heterocycles. The normalized spacial score (nSPS) is 10.1. The van der Waals surface area contributed by atoms with E-state index >= 15 is 0 Å². The first kappa shape index (κ1) is 8.62. The highest BCUT2D eigenvalue weighted by Crippen LogP contribution is 2.24. The quantitative estimate of drug-likeness (QED) is 0.740. The third-order valence-electron chi connectivity index (χ3n) is 2.09. The monoisotopic (exact) mass is 190 g/mol. The zero-order valence-electron chi connectivity index (χ0n) is 7.73. The molecular weight excluding hydrogens is 180 g/mol. The zero-order valence-corrected chi connectivity index (χ0v) is 7.73. The Hall–Kier alpha value is -1.97. The van der Waals surface area contributed by atoms with Gasteiger partial charge >= 0.3 is 0 Å². The molecule has 2 rings (SSSR count). The standard InChI is InChI=1S/C10H10N2O2/c1-14-12-6-9(11-7-13)8-4-2-3-5-10(8)12/h2-7H,1H3,(H,11,13). The van der Waals surface area contributed by atoms with Crippen molar-refractivity contribution < 1.29 is 9.63 Å². The lowest BCUT2D eigenvalue weighted by molar-refractivity contribution is -0.105. The van der Waals surface area contributed by atoms with Gasteiger partial charge in [-0.2, -0.15) is 4.73 Å². The number of benzene rings is 1. The van der Waals surface area contributed by atoms with Gasteiger partial charge in [0.25, 0.3) is 0 Å². The number of hydrogen-bond acceptors (Lipinski definition) is 2. The molecule has 0 aliphatic heterocycles.